The Balaban J connectivity index is 2.63. The molecule has 1 atom stereocenters. The van der Waals surface area contributed by atoms with Crippen LogP contribution in [0.1, 0.15) is 40.5 Å². The van der Waals surface area contributed by atoms with Crippen LogP contribution >= 0.6 is 11.6 Å². The predicted molar refractivity (Wildman–Crippen MR) is 64.0 cm³/mol. The van der Waals surface area contributed by atoms with Gasteiger partial charge in [-0.25, -0.2) is 0 Å². The summed E-state index contributed by atoms with van der Waals surface area (Å²) in [7, 11) is 0. The Labute approximate surface area is 93.1 Å². The average Bonchev–Trinajstić information content (AvgIpc) is 1.99. The van der Waals surface area contributed by atoms with Crippen molar-refractivity contribution in [3.63, 3.8) is 0 Å². The molecule has 82 valence electrons. The van der Waals surface area contributed by atoms with Crippen LogP contribution in [0.4, 0.5) is 0 Å². The summed E-state index contributed by atoms with van der Waals surface area (Å²) >= 11 is 5.78. The van der Waals surface area contributed by atoms with E-state index in [1.807, 2.05) is 0 Å². The molecule has 1 nitrogen and oxygen atoms in total. The summed E-state index contributed by atoms with van der Waals surface area (Å²) in [5.74, 6) is 0.591. The zero-order valence-electron chi connectivity index (χ0n) is 9.86. The lowest BCUT2D eigenvalue weighted by Crippen LogP contribution is -2.64. The van der Waals surface area contributed by atoms with Gasteiger partial charge < -0.3 is 0 Å². The van der Waals surface area contributed by atoms with Gasteiger partial charge in [0, 0.05) is 23.5 Å². The molecule has 0 aliphatic carbocycles. The summed E-state index contributed by atoms with van der Waals surface area (Å²) in [6, 6.07) is 0. The van der Waals surface area contributed by atoms with Gasteiger partial charge in [-0.15, -0.1) is 11.6 Å². The monoisotopic (exact) mass is 215 g/mol. The molecule has 0 aromatic heterocycles. The maximum absolute atomic E-state index is 5.78. The molecule has 0 aromatic carbocycles. The van der Waals surface area contributed by atoms with Crippen LogP contribution in [-0.4, -0.2) is 28.4 Å². The topological polar surface area (TPSA) is 3.24 Å². The molecule has 0 amide bonds. The molecule has 1 aliphatic rings. The Morgan fingerprint density at radius 2 is 2.07 bits per heavy atom. The van der Waals surface area contributed by atoms with Gasteiger partial charge in [-0.3, -0.25) is 4.90 Å². The molecule has 1 unspecified atom stereocenters. The van der Waals surface area contributed by atoms with Gasteiger partial charge in [-0.2, -0.15) is 0 Å². The fourth-order valence-electron chi connectivity index (χ4n) is 2.52. The van der Waals surface area contributed by atoms with Gasteiger partial charge in [0.25, 0.3) is 0 Å². The summed E-state index contributed by atoms with van der Waals surface area (Å²) in [5, 5.41) is 0. The lowest BCUT2D eigenvalue weighted by Gasteiger charge is -2.57. The summed E-state index contributed by atoms with van der Waals surface area (Å²) in [6.07, 6.45) is 2.30. The second-order valence-electron chi connectivity index (χ2n) is 5.63. The molecule has 0 bridgehead atoms. The molecular weight excluding hydrogens is 194 g/mol. The number of nitrogens with zero attached hydrogens (tertiary/aromatic N) is 1. The molecule has 0 aromatic rings. The zero-order chi connectivity index (χ0) is 11.0. The van der Waals surface area contributed by atoms with Gasteiger partial charge in [0.1, 0.15) is 0 Å². The SMILES string of the molecule is C=C(CCl)CC1(C)CCN1C(C)(C)C. The largest absolute Gasteiger partial charge is 0.293 e. The Morgan fingerprint density at radius 3 is 2.36 bits per heavy atom. The molecule has 1 rings (SSSR count). The number of alkyl halides is 1. The predicted octanol–water partition coefficient (Wildman–Crippen LogP) is 3.43. The molecule has 0 spiro atoms. The van der Waals surface area contributed by atoms with Gasteiger partial charge >= 0.3 is 0 Å². The lowest BCUT2D eigenvalue weighted by atomic mass is 9.77. The van der Waals surface area contributed by atoms with E-state index in [1.165, 1.54) is 13.0 Å². The fourth-order valence-corrected chi connectivity index (χ4v) is 2.61. The molecule has 2 heteroatoms. The van der Waals surface area contributed by atoms with Gasteiger partial charge in [0.05, 0.1) is 0 Å². The van der Waals surface area contributed by atoms with Crippen LogP contribution in [0.3, 0.4) is 0 Å². The Morgan fingerprint density at radius 1 is 1.50 bits per heavy atom. The van der Waals surface area contributed by atoms with Crippen molar-refractivity contribution in [3.8, 4) is 0 Å². The van der Waals surface area contributed by atoms with Crippen molar-refractivity contribution in [2.45, 2.75) is 51.6 Å². The molecule has 1 heterocycles. The highest BCUT2D eigenvalue weighted by Crippen LogP contribution is 2.40. The highest BCUT2D eigenvalue weighted by Gasteiger charge is 2.45. The summed E-state index contributed by atoms with van der Waals surface area (Å²) in [6.45, 7) is 14.3. The Hall–Kier alpha value is -0.0100. The minimum absolute atomic E-state index is 0.263. The number of halogens is 1. The maximum atomic E-state index is 5.78. The highest BCUT2D eigenvalue weighted by atomic mass is 35.5. The van der Waals surface area contributed by atoms with Gasteiger partial charge in [-0.1, -0.05) is 12.2 Å². The van der Waals surface area contributed by atoms with Crippen molar-refractivity contribution in [2.75, 3.05) is 12.4 Å². The summed E-state index contributed by atoms with van der Waals surface area (Å²) in [4.78, 5) is 2.55. The van der Waals surface area contributed by atoms with Crippen LogP contribution in [0, 0.1) is 0 Å². The van der Waals surface area contributed by atoms with Crippen molar-refractivity contribution < 1.29 is 0 Å². The van der Waals surface area contributed by atoms with E-state index >= 15 is 0 Å². The van der Waals surface area contributed by atoms with Crippen LogP contribution in [-0.2, 0) is 0 Å². The average molecular weight is 216 g/mol. The Bertz CT molecular complexity index is 229. The first-order valence-corrected chi connectivity index (χ1v) is 5.83. The minimum Gasteiger partial charge on any atom is -0.293 e. The molecule has 1 fully saturated rings. The van der Waals surface area contributed by atoms with E-state index in [1.54, 1.807) is 0 Å². The van der Waals surface area contributed by atoms with E-state index in [-0.39, 0.29) is 5.54 Å². The van der Waals surface area contributed by atoms with E-state index in [9.17, 15) is 0 Å². The van der Waals surface area contributed by atoms with Crippen LogP contribution in [0.5, 0.6) is 0 Å². The van der Waals surface area contributed by atoms with Gasteiger partial charge in [0.2, 0.25) is 0 Å². The number of likely N-dealkylation sites (tertiary alicyclic amines) is 1. The van der Waals surface area contributed by atoms with Gasteiger partial charge in [0.15, 0.2) is 0 Å². The fraction of sp³-hybridized carbons (Fsp3) is 0.833. The van der Waals surface area contributed by atoms with E-state index < -0.39 is 0 Å². The zero-order valence-corrected chi connectivity index (χ0v) is 10.6. The molecule has 14 heavy (non-hydrogen) atoms. The number of hydrogen-bond acceptors (Lipinski definition) is 1. The molecule has 0 N–H and O–H groups in total. The van der Waals surface area contributed by atoms with Gasteiger partial charge in [-0.05, 0) is 40.5 Å². The van der Waals surface area contributed by atoms with Crippen LogP contribution < -0.4 is 0 Å². The van der Waals surface area contributed by atoms with Crippen LogP contribution in [0.25, 0.3) is 0 Å². The highest BCUT2D eigenvalue weighted by molar-refractivity contribution is 6.19. The normalized spacial score (nSPS) is 28.6. The molecule has 0 radical (unpaired) electrons. The molecular formula is C12H22ClN. The summed E-state index contributed by atoms with van der Waals surface area (Å²) in [5.41, 5.74) is 1.72. The minimum atomic E-state index is 0.263. The Kier molecular flexibility index (Phi) is 3.33. The van der Waals surface area contributed by atoms with Crippen molar-refractivity contribution in [3.05, 3.63) is 12.2 Å². The lowest BCUT2D eigenvalue weighted by molar-refractivity contribution is -0.0683. The second kappa shape index (κ2) is 3.86. The quantitative estimate of drug-likeness (QED) is 0.515. The summed E-state index contributed by atoms with van der Waals surface area (Å²) < 4.78 is 0. The van der Waals surface area contributed by atoms with Crippen molar-refractivity contribution in [1.29, 1.82) is 0 Å². The number of rotatable bonds is 3. The smallest absolute Gasteiger partial charge is 0.0431 e. The molecule has 1 saturated heterocycles. The van der Waals surface area contributed by atoms with Crippen LogP contribution in [0.2, 0.25) is 0 Å². The maximum Gasteiger partial charge on any atom is 0.0431 e. The number of hydrogen-bond donors (Lipinski definition) is 0. The standard InChI is InChI=1S/C12H22ClN/c1-10(9-13)8-12(5)6-7-14(12)11(2,3)4/h1,6-9H2,2-5H3. The van der Waals surface area contributed by atoms with Crippen LogP contribution in [0.15, 0.2) is 12.2 Å². The van der Waals surface area contributed by atoms with Crippen molar-refractivity contribution in [1.82, 2.24) is 4.90 Å². The van der Waals surface area contributed by atoms with E-state index in [2.05, 4.69) is 39.2 Å². The molecule has 1 aliphatic heterocycles. The first-order chi connectivity index (χ1) is 6.29. The third-order valence-electron chi connectivity index (χ3n) is 3.16. The van der Waals surface area contributed by atoms with Crippen molar-refractivity contribution in [2.24, 2.45) is 0 Å². The van der Waals surface area contributed by atoms with E-state index in [0.29, 0.717) is 11.4 Å². The van der Waals surface area contributed by atoms with Crippen molar-refractivity contribution >= 4 is 11.6 Å². The first-order valence-electron chi connectivity index (χ1n) is 5.30. The molecule has 0 saturated carbocycles. The third kappa shape index (κ3) is 2.32. The second-order valence-corrected chi connectivity index (χ2v) is 5.90. The van der Waals surface area contributed by atoms with E-state index in [4.69, 9.17) is 11.6 Å². The van der Waals surface area contributed by atoms with E-state index in [0.717, 1.165) is 12.0 Å². The third-order valence-corrected chi connectivity index (χ3v) is 3.53. The first kappa shape index (κ1) is 12.1.